The molecule has 1 rings (SSSR count). The van der Waals surface area contributed by atoms with Crippen molar-refractivity contribution in [3.05, 3.63) is 46.3 Å². The van der Waals surface area contributed by atoms with Crippen LogP contribution in [-0.2, 0) is 0 Å². The Labute approximate surface area is 104 Å². The molecule has 0 aliphatic heterocycles. The van der Waals surface area contributed by atoms with Crippen LogP contribution in [0.2, 0.25) is 0 Å². The van der Waals surface area contributed by atoms with E-state index in [0.717, 1.165) is 12.6 Å². The van der Waals surface area contributed by atoms with Crippen LogP contribution < -0.4 is 10.1 Å². The molecule has 18 heavy (non-hydrogen) atoms. The van der Waals surface area contributed by atoms with Crippen LogP contribution in [0, 0.1) is 15.9 Å². The lowest BCUT2D eigenvalue weighted by molar-refractivity contribution is -0.386. The van der Waals surface area contributed by atoms with Crippen LogP contribution in [0.5, 0.6) is 5.75 Å². The third kappa shape index (κ3) is 3.81. The monoisotopic (exact) mass is 254 g/mol. The zero-order chi connectivity index (χ0) is 13.5. The first kappa shape index (κ1) is 14.1. The van der Waals surface area contributed by atoms with E-state index in [1.54, 1.807) is 0 Å². The van der Waals surface area contributed by atoms with Gasteiger partial charge < -0.3 is 10.1 Å². The number of benzene rings is 1. The summed E-state index contributed by atoms with van der Waals surface area (Å²) >= 11 is 0. The molecular weight excluding hydrogens is 239 g/mol. The van der Waals surface area contributed by atoms with E-state index in [4.69, 9.17) is 4.74 Å². The Morgan fingerprint density at radius 3 is 2.94 bits per heavy atom. The highest BCUT2D eigenvalue weighted by Gasteiger charge is 2.19. The van der Waals surface area contributed by atoms with Gasteiger partial charge in [-0.1, -0.05) is 19.6 Å². The SMILES string of the molecule is C=C(CNCC)COc1c(F)cccc1[N+](=O)[O-]. The highest BCUT2D eigenvalue weighted by molar-refractivity contribution is 5.47. The summed E-state index contributed by atoms with van der Waals surface area (Å²) in [4.78, 5) is 10.0. The number of para-hydroxylation sites is 1. The Morgan fingerprint density at radius 1 is 1.61 bits per heavy atom. The zero-order valence-electron chi connectivity index (χ0n) is 10.1. The molecule has 0 radical (unpaired) electrons. The van der Waals surface area contributed by atoms with Crippen LogP contribution in [-0.4, -0.2) is 24.6 Å². The molecule has 0 aliphatic carbocycles. The summed E-state index contributed by atoms with van der Waals surface area (Å²) in [6.45, 7) is 7.01. The lowest BCUT2D eigenvalue weighted by Gasteiger charge is -2.09. The molecule has 0 aromatic heterocycles. The smallest absolute Gasteiger partial charge is 0.314 e. The summed E-state index contributed by atoms with van der Waals surface area (Å²) < 4.78 is 18.6. The molecule has 0 heterocycles. The highest BCUT2D eigenvalue weighted by atomic mass is 19.1. The number of nitro groups is 1. The fourth-order valence-corrected chi connectivity index (χ4v) is 1.31. The first-order valence-electron chi connectivity index (χ1n) is 5.49. The number of hydrogen-bond donors (Lipinski definition) is 1. The van der Waals surface area contributed by atoms with Crippen molar-refractivity contribution in [3.8, 4) is 5.75 Å². The van der Waals surface area contributed by atoms with Crippen molar-refractivity contribution >= 4 is 5.69 Å². The lowest BCUT2D eigenvalue weighted by atomic mass is 10.2. The second-order valence-corrected chi connectivity index (χ2v) is 3.66. The summed E-state index contributed by atoms with van der Waals surface area (Å²) in [5.74, 6) is -1.10. The quantitative estimate of drug-likeness (QED) is 0.460. The van der Waals surface area contributed by atoms with Crippen LogP contribution in [0.4, 0.5) is 10.1 Å². The highest BCUT2D eigenvalue weighted by Crippen LogP contribution is 2.29. The van der Waals surface area contributed by atoms with E-state index in [9.17, 15) is 14.5 Å². The molecule has 0 atom stereocenters. The lowest BCUT2D eigenvalue weighted by Crippen LogP contribution is -2.19. The number of nitrogens with one attached hydrogen (secondary N) is 1. The average Bonchev–Trinajstić information content (AvgIpc) is 2.34. The van der Waals surface area contributed by atoms with E-state index in [-0.39, 0.29) is 18.0 Å². The van der Waals surface area contributed by atoms with Crippen molar-refractivity contribution in [2.75, 3.05) is 19.7 Å². The number of likely N-dealkylation sites (N-methyl/N-ethyl adjacent to an activating group) is 1. The molecule has 0 amide bonds. The van der Waals surface area contributed by atoms with E-state index in [1.165, 1.54) is 12.1 Å². The molecule has 1 N–H and O–H groups in total. The second kappa shape index (κ2) is 6.70. The van der Waals surface area contributed by atoms with Gasteiger partial charge in [-0.2, -0.15) is 0 Å². The number of rotatable bonds is 7. The van der Waals surface area contributed by atoms with E-state index in [2.05, 4.69) is 11.9 Å². The van der Waals surface area contributed by atoms with Crippen molar-refractivity contribution in [1.29, 1.82) is 0 Å². The van der Waals surface area contributed by atoms with Gasteiger partial charge in [-0.05, 0) is 18.2 Å². The number of halogens is 1. The minimum absolute atomic E-state index is 0.0365. The van der Waals surface area contributed by atoms with Gasteiger partial charge in [-0.15, -0.1) is 0 Å². The molecule has 98 valence electrons. The first-order chi connectivity index (χ1) is 8.56. The van der Waals surface area contributed by atoms with Gasteiger partial charge in [-0.3, -0.25) is 10.1 Å². The van der Waals surface area contributed by atoms with Crippen LogP contribution in [0.25, 0.3) is 0 Å². The number of ether oxygens (including phenoxy) is 1. The molecule has 0 spiro atoms. The summed E-state index contributed by atoms with van der Waals surface area (Å²) in [7, 11) is 0. The fraction of sp³-hybridized carbons (Fsp3) is 0.333. The molecule has 0 saturated carbocycles. The third-order valence-electron chi connectivity index (χ3n) is 2.19. The van der Waals surface area contributed by atoms with Gasteiger partial charge in [0.05, 0.1) is 4.92 Å². The van der Waals surface area contributed by atoms with Gasteiger partial charge in [0.15, 0.2) is 5.82 Å². The van der Waals surface area contributed by atoms with Gasteiger partial charge in [0.25, 0.3) is 0 Å². The normalized spacial score (nSPS) is 10.1. The molecule has 5 nitrogen and oxygen atoms in total. The predicted molar refractivity (Wildman–Crippen MR) is 66.2 cm³/mol. The Bertz CT molecular complexity index is 449. The molecule has 0 fully saturated rings. The molecule has 6 heteroatoms. The van der Waals surface area contributed by atoms with Gasteiger partial charge in [0.2, 0.25) is 5.75 Å². The third-order valence-corrected chi connectivity index (χ3v) is 2.19. The first-order valence-corrected chi connectivity index (χ1v) is 5.49. The topological polar surface area (TPSA) is 64.4 Å². The minimum Gasteiger partial charge on any atom is -0.480 e. The fourth-order valence-electron chi connectivity index (χ4n) is 1.31. The standard InChI is InChI=1S/C12H15FN2O3/c1-3-14-7-9(2)8-18-12-10(13)5-4-6-11(12)15(16)17/h4-6,14H,2-3,7-8H2,1H3. The summed E-state index contributed by atoms with van der Waals surface area (Å²) in [6.07, 6.45) is 0. The maximum Gasteiger partial charge on any atom is 0.314 e. The van der Waals surface area contributed by atoms with Crippen molar-refractivity contribution in [1.82, 2.24) is 5.32 Å². The van der Waals surface area contributed by atoms with Crippen molar-refractivity contribution in [3.63, 3.8) is 0 Å². The van der Waals surface area contributed by atoms with E-state index in [0.29, 0.717) is 12.1 Å². The zero-order valence-corrected chi connectivity index (χ0v) is 10.1. The van der Waals surface area contributed by atoms with Crippen molar-refractivity contribution < 1.29 is 14.1 Å². The Kier molecular flexibility index (Phi) is 5.26. The van der Waals surface area contributed by atoms with Gasteiger partial charge >= 0.3 is 5.69 Å². The van der Waals surface area contributed by atoms with Crippen LogP contribution >= 0.6 is 0 Å². The van der Waals surface area contributed by atoms with Crippen molar-refractivity contribution in [2.45, 2.75) is 6.92 Å². The Balaban J connectivity index is 2.72. The summed E-state index contributed by atoms with van der Waals surface area (Å²) in [5, 5.41) is 13.7. The predicted octanol–water partition coefficient (Wildman–Crippen LogP) is 2.28. The largest absolute Gasteiger partial charge is 0.480 e. The Hall–Kier alpha value is -1.95. The molecule has 0 unspecified atom stereocenters. The van der Waals surface area contributed by atoms with Gasteiger partial charge in [0, 0.05) is 12.6 Å². The van der Waals surface area contributed by atoms with E-state index < -0.39 is 10.7 Å². The number of nitrogens with zero attached hydrogens (tertiary/aromatic N) is 1. The maximum atomic E-state index is 13.4. The summed E-state index contributed by atoms with van der Waals surface area (Å²) in [5.41, 5.74) is 0.306. The Morgan fingerprint density at radius 2 is 2.33 bits per heavy atom. The molecule has 0 bridgehead atoms. The molecule has 0 aliphatic rings. The average molecular weight is 254 g/mol. The summed E-state index contributed by atoms with van der Waals surface area (Å²) in [6, 6.07) is 3.59. The molecule has 1 aromatic rings. The molecule has 1 aromatic carbocycles. The number of hydrogen-bond acceptors (Lipinski definition) is 4. The van der Waals surface area contributed by atoms with E-state index in [1.807, 2.05) is 6.92 Å². The van der Waals surface area contributed by atoms with Crippen LogP contribution in [0.1, 0.15) is 6.92 Å². The van der Waals surface area contributed by atoms with Crippen LogP contribution in [0.3, 0.4) is 0 Å². The number of nitro benzene ring substituents is 1. The van der Waals surface area contributed by atoms with E-state index >= 15 is 0 Å². The van der Waals surface area contributed by atoms with Gasteiger partial charge in [-0.25, -0.2) is 4.39 Å². The minimum atomic E-state index is -0.750. The van der Waals surface area contributed by atoms with Gasteiger partial charge in [0.1, 0.15) is 6.61 Å². The second-order valence-electron chi connectivity index (χ2n) is 3.66. The van der Waals surface area contributed by atoms with Crippen LogP contribution in [0.15, 0.2) is 30.4 Å². The van der Waals surface area contributed by atoms with Crippen molar-refractivity contribution in [2.24, 2.45) is 0 Å². The maximum absolute atomic E-state index is 13.4. The molecular formula is C12H15FN2O3. The molecule has 0 saturated heterocycles.